The number of hydrogen-bond donors (Lipinski definition) is 2. The van der Waals surface area contributed by atoms with E-state index < -0.39 is 15.9 Å². The van der Waals surface area contributed by atoms with Gasteiger partial charge in [0.05, 0.1) is 5.75 Å². The van der Waals surface area contributed by atoms with Gasteiger partial charge in [0.1, 0.15) is 0 Å². The van der Waals surface area contributed by atoms with Crippen molar-refractivity contribution in [3.05, 3.63) is 0 Å². The third-order valence-corrected chi connectivity index (χ3v) is 3.16. The van der Waals surface area contributed by atoms with Crippen molar-refractivity contribution >= 4 is 15.9 Å². The Morgan fingerprint density at radius 2 is 2.07 bits per heavy atom. The number of sulfonamides is 1. The van der Waals surface area contributed by atoms with E-state index in [1.165, 1.54) is 0 Å². The van der Waals surface area contributed by atoms with Crippen molar-refractivity contribution in [2.45, 2.75) is 26.7 Å². The van der Waals surface area contributed by atoms with E-state index in [1.54, 1.807) is 13.8 Å². The van der Waals surface area contributed by atoms with E-state index in [0.717, 1.165) is 0 Å². The lowest BCUT2D eigenvalue weighted by Gasteiger charge is -2.08. The van der Waals surface area contributed by atoms with Crippen LogP contribution < -0.4 is 10.5 Å². The van der Waals surface area contributed by atoms with Gasteiger partial charge in [0.2, 0.25) is 15.9 Å². The van der Waals surface area contributed by atoms with E-state index in [0.29, 0.717) is 13.0 Å². The van der Waals surface area contributed by atoms with Crippen molar-refractivity contribution in [2.75, 3.05) is 12.3 Å². The molecular weight excluding hydrogens is 204 g/mol. The summed E-state index contributed by atoms with van der Waals surface area (Å²) in [4.78, 5) is 11.2. The van der Waals surface area contributed by atoms with Crippen molar-refractivity contribution < 1.29 is 13.2 Å². The third-order valence-electron chi connectivity index (χ3n) is 1.68. The molecule has 6 heteroatoms. The molecular formula is C8H18N2O3S. The second kappa shape index (κ2) is 5.98. The Kier molecular flexibility index (Phi) is 5.71. The molecule has 1 amide bonds. The summed E-state index contributed by atoms with van der Waals surface area (Å²) in [5.41, 5.74) is 5.31. The van der Waals surface area contributed by atoms with Crippen LogP contribution in [-0.4, -0.2) is 26.6 Å². The lowest BCUT2D eigenvalue weighted by Crippen LogP contribution is -2.34. The van der Waals surface area contributed by atoms with Crippen LogP contribution in [0, 0.1) is 5.92 Å². The van der Waals surface area contributed by atoms with Crippen LogP contribution in [0.3, 0.4) is 0 Å². The van der Waals surface area contributed by atoms with Gasteiger partial charge in [0.15, 0.2) is 0 Å². The molecule has 0 saturated carbocycles. The van der Waals surface area contributed by atoms with Crippen molar-refractivity contribution in [3.63, 3.8) is 0 Å². The molecule has 1 unspecified atom stereocenters. The van der Waals surface area contributed by atoms with Crippen LogP contribution in [0.2, 0.25) is 0 Å². The highest BCUT2D eigenvalue weighted by Gasteiger charge is 2.14. The predicted molar refractivity (Wildman–Crippen MR) is 55.1 cm³/mol. The fourth-order valence-corrected chi connectivity index (χ4v) is 2.00. The average Bonchev–Trinajstić information content (AvgIpc) is 2.02. The van der Waals surface area contributed by atoms with Gasteiger partial charge in [-0.25, -0.2) is 8.42 Å². The van der Waals surface area contributed by atoms with E-state index in [2.05, 4.69) is 0 Å². The van der Waals surface area contributed by atoms with Gasteiger partial charge in [-0.2, -0.15) is 0 Å². The maximum absolute atomic E-state index is 11.2. The molecule has 0 spiro atoms. The molecule has 0 aliphatic carbocycles. The van der Waals surface area contributed by atoms with Crippen molar-refractivity contribution in [2.24, 2.45) is 11.7 Å². The van der Waals surface area contributed by atoms with E-state index in [1.807, 2.05) is 4.72 Å². The Hall–Kier alpha value is -0.620. The molecule has 0 aromatic rings. The number of carbonyl (C=O) groups is 1. The molecule has 0 saturated heterocycles. The second-order valence-corrected chi connectivity index (χ2v) is 5.23. The van der Waals surface area contributed by atoms with Gasteiger partial charge in [0, 0.05) is 6.42 Å². The summed E-state index contributed by atoms with van der Waals surface area (Å²) in [6.07, 6.45) is 0.647. The lowest BCUT2D eigenvalue weighted by atomic mass is 10.1. The summed E-state index contributed by atoms with van der Waals surface area (Å²) in [5, 5.41) is 0. The monoisotopic (exact) mass is 222 g/mol. The molecule has 3 N–H and O–H groups in total. The quantitative estimate of drug-likeness (QED) is 0.653. The third kappa shape index (κ3) is 5.93. The highest BCUT2D eigenvalue weighted by molar-refractivity contribution is 7.90. The van der Waals surface area contributed by atoms with Gasteiger partial charge in [-0.15, -0.1) is 0 Å². The van der Waals surface area contributed by atoms with Crippen LogP contribution in [0.15, 0.2) is 0 Å². The number of amides is 1. The van der Waals surface area contributed by atoms with Gasteiger partial charge >= 0.3 is 0 Å². The predicted octanol–water partition coefficient (Wildman–Crippen LogP) is -0.173. The summed E-state index contributed by atoms with van der Waals surface area (Å²) < 4.78 is 24.3. The molecule has 0 radical (unpaired) electrons. The van der Waals surface area contributed by atoms with Crippen LogP contribution in [0.5, 0.6) is 0 Å². The number of rotatable bonds is 6. The van der Waals surface area contributed by atoms with Gasteiger partial charge in [-0.3, -0.25) is 9.52 Å². The molecule has 1 atom stereocenters. The van der Waals surface area contributed by atoms with E-state index in [9.17, 15) is 13.2 Å². The zero-order valence-electron chi connectivity index (χ0n) is 8.62. The first-order valence-corrected chi connectivity index (χ1v) is 6.30. The Balaban J connectivity index is 4.06. The van der Waals surface area contributed by atoms with Crippen LogP contribution in [0.4, 0.5) is 0 Å². The maximum atomic E-state index is 11.2. The SMILES string of the molecule is CCCS(=O)(=O)NC(=O)CC(C)CN. The molecule has 0 bridgehead atoms. The summed E-state index contributed by atoms with van der Waals surface area (Å²) in [6, 6.07) is 0. The molecule has 84 valence electrons. The smallest absolute Gasteiger partial charge is 0.234 e. The fraction of sp³-hybridized carbons (Fsp3) is 0.875. The van der Waals surface area contributed by atoms with Crippen molar-refractivity contribution in [3.8, 4) is 0 Å². The van der Waals surface area contributed by atoms with Crippen molar-refractivity contribution in [1.29, 1.82) is 0 Å². The summed E-state index contributed by atoms with van der Waals surface area (Å²) in [5.74, 6) is -0.487. The maximum Gasteiger partial charge on any atom is 0.234 e. The summed E-state index contributed by atoms with van der Waals surface area (Å²) >= 11 is 0. The minimum absolute atomic E-state index is 0.00632. The van der Waals surface area contributed by atoms with Gasteiger partial charge in [-0.05, 0) is 18.9 Å². The van der Waals surface area contributed by atoms with E-state index in [4.69, 9.17) is 5.73 Å². The minimum Gasteiger partial charge on any atom is -0.330 e. The van der Waals surface area contributed by atoms with Crippen LogP contribution in [0.1, 0.15) is 26.7 Å². The minimum atomic E-state index is -3.43. The summed E-state index contributed by atoms with van der Waals surface area (Å²) in [6.45, 7) is 3.92. The second-order valence-electron chi connectivity index (χ2n) is 3.39. The highest BCUT2D eigenvalue weighted by Crippen LogP contribution is 1.99. The van der Waals surface area contributed by atoms with Gasteiger partial charge < -0.3 is 5.73 Å². The van der Waals surface area contributed by atoms with Crippen LogP contribution >= 0.6 is 0 Å². The average molecular weight is 222 g/mol. The fourth-order valence-electron chi connectivity index (χ4n) is 0.935. The molecule has 14 heavy (non-hydrogen) atoms. The first kappa shape index (κ1) is 13.4. The molecule has 0 aliphatic rings. The molecule has 0 aromatic heterocycles. The van der Waals surface area contributed by atoms with E-state index >= 15 is 0 Å². The van der Waals surface area contributed by atoms with E-state index in [-0.39, 0.29) is 18.1 Å². The highest BCUT2D eigenvalue weighted by atomic mass is 32.2. The van der Waals surface area contributed by atoms with Crippen LogP contribution in [0.25, 0.3) is 0 Å². The first-order chi connectivity index (χ1) is 6.41. The molecule has 0 rings (SSSR count). The first-order valence-electron chi connectivity index (χ1n) is 4.64. The zero-order valence-corrected chi connectivity index (χ0v) is 9.43. The molecule has 0 heterocycles. The van der Waals surface area contributed by atoms with Crippen molar-refractivity contribution in [1.82, 2.24) is 4.72 Å². The Morgan fingerprint density at radius 1 is 1.50 bits per heavy atom. The molecule has 0 aromatic carbocycles. The van der Waals surface area contributed by atoms with Gasteiger partial charge in [-0.1, -0.05) is 13.8 Å². The normalized spacial score (nSPS) is 13.6. The van der Waals surface area contributed by atoms with Crippen LogP contribution in [-0.2, 0) is 14.8 Å². The number of nitrogens with two attached hydrogens (primary N) is 1. The lowest BCUT2D eigenvalue weighted by molar-refractivity contribution is -0.120. The van der Waals surface area contributed by atoms with Gasteiger partial charge in [0.25, 0.3) is 0 Å². The Bertz CT molecular complexity index is 274. The largest absolute Gasteiger partial charge is 0.330 e. The Labute approximate surface area is 85.1 Å². The zero-order chi connectivity index (χ0) is 11.2. The standard InChI is InChI=1S/C8H18N2O3S/c1-3-4-14(12,13)10-8(11)5-7(2)6-9/h7H,3-6,9H2,1-2H3,(H,10,11). The molecule has 0 fully saturated rings. The number of carbonyl (C=O) groups excluding carboxylic acids is 1. The molecule has 0 aliphatic heterocycles. The number of nitrogens with one attached hydrogen (secondary N) is 1. The molecule has 5 nitrogen and oxygen atoms in total. The summed E-state index contributed by atoms with van der Waals surface area (Å²) in [7, 11) is -3.43. The topological polar surface area (TPSA) is 89.3 Å². The Morgan fingerprint density at radius 3 is 2.50 bits per heavy atom. The number of hydrogen-bond acceptors (Lipinski definition) is 4.